The van der Waals surface area contributed by atoms with E-state index < -0.39 is 12.0 Å². The maximum absolute atomic E-state index is 13.1. The number of rotatable bonds is 8. The number of nitrogens with one attached hydrogen (secondary N) is 3. The number of morpholine rings is 1. The molecule has 4 aromatic rings. The van der Waals surface area contributed by atoms with E-state index in [0.29, 0.717) is 60.5 Å². The lowest BCUT2D eigenvalue weighted by Crippen LogP contribution is -2.37. The van der Waals surface area contributed by atoms with Crippen molar-refractivity contribution in [2.45, 2.75) is 20.0 Å². The van der Waals surface area contributed by atoms with Crippen LogP contribution in [0, 0.1) is 12.5 Å². The van der Waals surface area contributed by atoms with Crippen LogP contribution >= 0.6 is 0 Å². The molecule has 3 heterocycles. The molecule has 1 saturated heterocycles. The van der Waals surface area contributed by atoms with Crippen molar-refractivity contribution in [3.63, 3.8) is 0 Å². The Kier molecular flexibility index (Phi) is 8.64. The van der Waals surface area contributed by atoms with Crippen molar-refractivity contribution in [3.05, 3.63) is 54.5 Å². The number of carbonyl (C=O) groups excluding carboxylic acids is 2. The smallest absolute Gasteiger partial charge is 0.342 e. The fourth-order valence-corrected chi connectivity index (χ4v) is 5.08. The number of terminal acetylenes is 1. The van der Waals surface area contributed by atoms with E-state index in [2.05, 4.69) is 36.9 Å². The van der Waals surface area contributed by atoms with Gasteiger partial charge in [0.05, 0.1) is 60.3 Å². The predicted molar refractivity (Wildman–Crippen MR) is 165 cm³/mol. The average Bonchev–Trinajstić information content (AvgIpc) is 3.28. The fourth-order valence-electron chi connectivity index (χ4n) is 5.08. The van der Waals surface area contributed by atoms with Crippen molar-refractivity contribution >= 4 is 45.8 Å². The third-order valence-corrected chi connectivity index (χ3v) is 6.98. The molecule has 43 heavy (non-hydrogen) atoms. The number of hydrogen-bond donors (Lipinski definition) is 3. The van der Waals surface area contributed by atoms with E-state index in [9.17, 15) is 9.59 Å². The minimum absolute atomic E-state index is 0.235. The lowest BCUT2D eigenvalue weighted by Gasteiger charge is -2.31. The molecule has 2 amide bonds. The van der Waals surface area contributed by atoms with Crippen molar-refractivity contribution in [1.29, 1.82) is 0 Å². The minimum atomic E-state index is -0.548. The van der Waals surface area contributed by atoms with Gasteiger partial charge in [0.15, 0.2) is 0 Å². The van der Waals surface area contributed by atoms with Gasteiger partial charge in [-0.2, -0.15) is 0 Å². The lowest BCUT2D eigenvalue weighted by molar-refractivity contribution is 0.0378. The second kappa shape index (κ2) is 12.7. The molecule has 0 radical (unpaired) electrons. The Balaban J connectivity index is 1.68. The van der Waals surface area contributed by atoms with Gasteiger partial charge in [0.2, 0.25) is 0 Å². The summed E-state index contributed by atoms with van der Waals surface area (Å²) in [7, 11) is 3.49. The number of aromatic nitrogens is 3. The molecule has 1 fully saturated rings. The Labute approximate surface area is 249 Å². The molecule has 1 aliphatic rings. The second-order valence-corrected chi connectivity index (χ2v) is 10.1. The van der Waals surface area contributed by atoms with Gasteiger partial charge in [-0.05, 0) is 26.0 Å². The van der Waals surface area contributed by atoms with Crippen molar-refractivity contribution in [2.24, 2.45) is 7.05 Å². The summed E-state index contributed by atoms with van der Waals surface area (Å²) in [6.45, 7) is 5.95. The molecule has 0 saturated carbocycles. The van der Waals surface area contributed by atoms with Crippen LogP contribution in [-0.4, -0.2) is 66.1 Å². The zero-order valence-electron chi connectivity index (χ0n) is 24.4. The van der Waals surface area contributed by atoms with Crippen LogP contribution in [-0.2, 0) is 16.5 Å². The number of benzene rings is 2. The Morgan fingerprint density at radius 1 is 1.14 bits per heavy atom. The monoisotopic (exact) mass is 583 g/mol. The normalized spacial score (nSPS) is 13.0. The first kappa shape index (κ1) is 29.2. The minimum Gasteiger partial charge on any atom is -0.494 e. The molecule has 0 unspecified atom stereocenters. The van der Waals surface area contributed by atoms with Crippen molar-refractivity contribution in [2.75, 3.05) is 48.9 Å². The predicted octanol–water partition coefficient (Wildman–Crippen LogP) is 4.50. The summed E-state index contributed by atoms with van der Waals surface area (Å²) in [5.41, 5.74) is 4.05. The first-order chi connectivity index (χ1) is 20.8. The Hall–Kier alpha value is -5.28. The van der Waals surface area contributed by atoms with Gasteiger partial charge in [-0.3, -0.25) is 5.32 Å². The molecule has 2 aromatic carbocycles. The maximum Gasteiger partial charge on any atom is 0.342 e. The highest BCUT2D eigenvalue weighted by Crippen LogP contribution is 2.44. The van der Waals surface area contributed by atoms with E-state index in [-0.39, 0.29) is 11.7 Å². The maximum atomic E-state index is 13.1. The number of hydrogen-bond acceptors (Lipinski definition) is 9. The number of aryl methyl sites for hydroxylation is 1. The number of nitrogens with zero attached hydrogens (tertiary/aromatic N) is 4. The Bertz CT molecular complexity index is 1700. The van der Waals surface area contributed by atoms with Crippen LogP contribution in [0.2, 0.25) is 0 Å². The molecule has 222 valence electrons. The van der Waals surface area contributed by atoms with E-state index in [1.54, 1.807) is 27.0 Å². The molecule has 5 rings (SSSR count). The summed E-state index contributed by atoms with van der Waals surface area (Å²) >= 11 is 0. The summed E-state index contributed by atoms with van der Waals surface area (Å²) < 4.78 is 18.8. The third-order valence-electron chi connectivity index (χ3n) is 6.98. The summed E-state index contributed by atoms with van der Waals surface area (Å²) in [6.07, 6.45) is 7.84. The second-order valence-electron chi connectivity index (χ2n) is 10.1. The van der Waals surface area contributed by atoms with Crippen LogP contribution in [0.1, 0.15) is 24.2 Å². The van der Waals surface area contributed by atoms with Crippen LogP contribution in [0.5, 0.6) is 5.75 Å². The Morgan fingerprint density at radius 3 is 2.63 bits per heavy atom. The number of para-hydroxylation sites is 1. The molecule has 0 atom stereocenters. The van der Waals surface area contributed by atoms with Crippen LogP contribution in [0.25, 0.3) is 22.2 Å². The van der Waals surface area contributed by atoms with Crippen LogP contribution in [0.3, 0.4) is 0 Å². The van der Waals surface area contributed by atoms with Gasteiger partial charge in [-0.1, -0.05) is 24.6 Å². The summed E-state index contributed by atoms with van der Waals surface area (Å²) in [5.74, 6) is 0.639. The van der Waals surface area contributed by atoms with E-state index in [1.165, 1.54) is 12.5 Å². The van der Waals surface area contributed by atoms with Gasteiger partial charge >= 0.3 is 12.0 Å². The average molecular weight is 584 g/mol. The van der Waals surface area contributed by atoms with Crippen molar-refractivity contribution in [3.8, 4) is 29.5 Å². The number of methoxy groups -OCH3 is 1. The van der Waals surface area contributed by atoms with E-state index in [4.69, 9.17) is 20.6 Å². The number of ether oxygens (including phenoxy) is 3. The van der Waals surface area contributed by atoms with Gasteiger partial charge in [0.1, 0.15) is 23.5 Å². The van der Waals surface area contributed by atoms with Gasteiger partial charge in [-0.25, -0.2) is 19.6 Å². The fraction of sp³-hybridized carbons (Fsp3) is 0.290. The molecule has 0 spiro atoms. The molecule has 12 nitrogen and oxygen atoms in total. The summed E-state index contributed by atoms with van der Waals surface area (Å²) in [6, 6.07) is 13.1. The first-order valence-electron chi connectivity index (χ1n) is 13.8. The standard InChI is InChI=1S/C31H33N7O5/c1-6-33-31(40)36-22-15-23(26(41-5)16-25(22)38-11-13-42-14-12-38)35-29-27(20-9-7-8-10-24(20)37(29)4)28-21(17-32-18-34-28)30(39)43-19(2)3/h1,7-10,15-19,35H,11-14H2,2-5H3,(H2,33,36,40). The SMILES string of the molecule is C#CNC(=O)Nc1cc(Nc2c(-c3ncncc3C(=O)OC(C)C)c3ccccc3n2C)c(OC)cc1N1CCOCC1. The van der Waals surface area contributed by atoms with E-state index >= 15 is 0 Å². The quantitative estimate of drug-likeness (QED) is 0.156. The molecule has 1 aliphatic heterocycles. The lowest BCUT2D eigenvalue weighted by atomic mass is 10.0. The number of anilines is 4. The molecule has 2 aromatic heterocycles. The van der Waals surface area contributed by atoms with Gasteiger partial charge in [-0.15, -0.1) is 0 Å². The molecule has 3 N–H and O–H groups in total. The van der Waals surface area contributed by atoms with E-state index in [1.807, 2.05) is 41.9 Å². The third kappa shape index (κ3) is 6.02. The largest absolute Gasteiger partial charge is 0.494 e. The Morgan fingerprint density at radius 2 is 1.91 bits per heavy atom. The topological polar surface area (TPSA) is 132 Å². The molecule has 0 aliphatic carbocycles. The number of urea groups is 1. The van der Waals surface area contributed by atoms with Crippen LogP contribution in [0.4, 0.5) is 27.7 Å². The number of fused-ring (bicyclic) bond motifs is 1. The summed E-state index contributed by atoms with van der Waals surface area (Å²) in [5, 5.41) is 9.55. The van der Waals surface area contributed by atoms with Crippen LogP contribution < -0.4 is 25.6 Å². The zero-order chi connectivity index (χ0) is 30.5. The van der Waals surface area contributed by atoms with Gasteiger partial charge in [0.25, 0.3) is 0 Å². The highest BCUT2D eigenvalue weighted by atomic mass is 16.5. The molecule has 12 heteroatoms. The summed E-state index contributed by atoms with van der Waals surface area (Å²) in [4.78, 5) is 36.4. The molecular formula is C31H33N7O5. The number of esters is 1. The molecule has 0 bridgehead atoms. The van der Waals surface area contributed by atoms with Crippen molar-refractivity contribution in [1.82, 2.24) is 19.9 Å². The number of amides is 2. The highest BCUT2D eigenvalue weighted by molar-refractivity contribution is 6.08. The highest BCUT2D eigenvalue weighted by Gasteiger charge is 2.26. The van der Waals surface area contributed by atoms with Gasteiger partial charge in [0, 0.05) is 43.8 Å². The number of carbonyl (C=O) groups is 2. The van der Waals surface area contributed by atoms with E-state index in [0.717, 1.165) is 16.6 Å². The zero-order valence-corrected chi connectivity index (χ0v) is 24.4. The van der Waals surface area contributed by atoms with Crippen LogP contribution in [0.15, 0.2) is 48.9 Å². The van der Waals surface area contributed by atoms with Crippen molar-refractivity contribution < 1.29 is 23.8 Å². The first-order valence-corrected chi connectivity index (χ1v) is 13.8. The molecular weight excluding hydrogens is 550 g/mol. The van der Waals surface area contributed by atoms with Gasteiger partial charge < -0.3 is 34.3 Å².